The first-order chi connectivity index (χ1) is 15.0. The van der Waals surface area contributed by atoms with E-state index in [1.165, 1.54) is 6.07 Å². The summed E-state index contributed by atoms with van der Waals surface area (Å²) in [6.45, 7) is 6.95. The van der Waals surface area contributed by atoms with Gasteiger partial charge in [-0.05, 0) is 81.1 Å². The number of hydrogen-bond donors (Lipinski definition) is 3. The van der Waals surface area contributed by atoms with Crippen LogP contribution >= 0.6 is 0 Å². The van der Waals surface area contributed by atoms with Crippen molar-refractivity contribution in [2.24, 2.45) is 23.2 Å². The molecule has 0 spiro atoms. The Morgan fingerprint density at radius 1 is 1.25 bits per heavy atom. The number of benzene rings is 1. The number of amides is 1. The molecule has 7 nitrogen and oxygen atoms in total. The molecule has 4 fully saturated rings. The number of fused-ring (bicyclic) bond motifs is 1. The van der Waals surface area contributed by atoms with Crippen molar-refractivity contribution in [3.8, 4) is 11.5 Å². The fraction of sp³-hybridized carbons (Fsp3) is 0.720. The van der Waals surface area contributed by atoms with E-state index >= 15 is 0 Å². The number of likely N-dealkylation sites (tertiary alicyclic amines) is 1. The number of nitrogens with zero attached hydrogens (tertiary/aromatic N) is 2. The number of phenolic OH excluding ortho intramolecular Hbond substituents is 1. The molecule has 3 N–H and O–H groups in total. The van der Waals surface area contributed by atoms with Gasteiger partial charge in [-0.3, -0.25) is 4.79 Å². The lowest BCUT2D eigenvalue weighted by Gasteiger charge is -2.67. The minimum absolute atomic E-state index is 0.0586. The van der Waals surface area contributed by atoms with Crippen LogP contribution in [0.15, 0.2) is 12.1 Å². The van der Waals surface area contributed by atoms with Crippen LogP contribution in [0.3, 0.4) is 0 Å². The quantitative estimate of drug-likeness (QED) is 0.663. The number of aromatic hydroxyl groups is 1. The minimum atomic E-state index is -1.39. The predicted octanol–water partition coefficient (Wildman–Crippen LogP) is 2.40. The fourth-order valence-electron chi connectivity index (χ4n) is 6.82. The Labute approximate surface area is 190 Å². The lowest BCUT2D eigenvalue weighted by Crippen LogP contribution is -2.72. The third kappa shape index (κ3) is 3.01. The highest BCUT2D eigenvalue weighted by Crippen LogP contribution is 2.67. The fourth-order valence-corrected chi connectivity index (χ4v) is 6.82. The van der Waals surface area contributed by atoms with Gasteiger partial charge in [-0.15, -0.1) is 0 Å². The molecule has 32 heavy (non-hydrogen) atoms. The summed E-state index contributed by atoms with van der Waals surface area (Å²) < 4.78 is 6.27. The van der Waals surface area contributed by atoms with Crippen LogP contribution in [0, 0.1) is 23.2 Å². The van der Waals surface area contributed by atoms with Crippen molar-refractivity contribution in [3.63, 3.8) is 0 Å². The van der Waals surface area contributed by atoms with Crippen LogP contribution in [-0.2, 0) is 0 Å². The Morgan fingerprint density at radius 3 is 2.59 bits per heavy atom. The van der Waals surface area contributed by atoms with Crippen LogP contribution in [0.25, 0.3) is 0 Å². The van der Waals surface area contributed by atoms with Gasteiger partial charge in [-0.2, -0.15) is 0 Å². The lowest BCUT2D eigenvalue weighted by atomic mass is 9.42. The molecule has 3 saturated carbocycles. The molecule has 0 unspecified atom stereocenters. The van der Waals surface area contributed by atoms with Gasteiger partial charge in [0.05, 0.1) is 0 Å². The summed E-state index contributed by atoms with van der Waals surface area (Å²) in [4.78, 5) is 17.4. The van der Waals surface area contributed by atoms with Crippen molar-refractivity contribution in [2.75, 3.05) is 33.7 Å². The van der Waals surface area contributed by atoms with Crippen molar-refractivity contribution < 1.29 is 24.9 Å². The third-order valence-corrected chi connectivity index (χ3v) is 9.13. The van der Waals surface area contributed by atoms with Crippen LogP contribution in [-0.4, -0.2) is 76.5 Å². The normalized spacial score (nSPS) is 35.8. The largest absolute Gasteiger partial charge is 0.507 e. The van der Waals surface area contributed by atoms with Crippen molar-refractivity contribution in [1.29, 1.82) is 0 Å². The molecule has 0 aromatic heterocycles. The lowest BCUT2D eigenvalue weighted by molar-refractivity contribution is -0.289. The van der Waals surface area contributed by atoms with Gasteiger partial charge in [0.2, 0.25) is 0 Å². The highest BCUT2D eigenvalue weighted by atomic mass is 16.5. The maximum atomic E-state index is 13.4. The third-order valence-electron chi connectivity index (χ3n) is 9.13. The first kappa shape index (κ1) is 22.0. The van der Waals surface area contributed by atoms with Crippen LogP contribution in [0.5, 0.6) is 11.5 Å². The van der Waals surface area contributed by atoms with E-state index in [2.05, 4.69) is 25.8 Å². The average molecular weight is 445 g/mol. The number of carbonyl (C=O) groups excluding carboxylic acids is 1. The minimum Gasteiger partial charge on any atom is -0.507 e. The van der Waals surface area contributed by atoms with E-state index in [0.717, 1.165) is 32.4 Å². The Hall–Kier alpha value is -1.83. The summed E-state index contributed by atoms with van der Waals surface area (Å²) in [5.41, 5.74) is -0.962. The van der Waals surface area contributed by atoms with Crippen molar-refractivity contribution in [2.45, 2.75) is 57.3 Å². The van der Waals surface area contributed by atoms with E-state index < -0.39 is 17.8 Å². The van der Waals surface area contributed by atoms with E-state index in [4.69, 9.17) is 4.74 Å². The van der Waals surface area contributed by atoms with Gasteiger partial charge in [0.25, 0.3) is 5.91 Å². The summed E-state index contributed by atoms with van der Waals surface area (Å²) in [5, 5.41) is 33.6. The number of ether oxygens (including phenoxy) is 1. The standard InChI is InChI=1S/C25H36N2O5/c1-24(2)15-11-18(24)25(31)19(12-15)32-21-16(22(25)29)5-6-17(28)20(21)23(30)27(4)13-14-7-9-26(3)10-8-14/h5-6,14-15,18-19,22,28-29,31H,7-13H2,1-4H3/t15-,18-,19-,22+,25-/m1/s1. The molecule has 0 radical (unpaired) electrons. The molecule has 2 bridgehead atoms. The molecule has 6 rings (SSSR count). The molecule has 176 valence electrons. The summed E-state index contributed by atoms with van der Waals surface area (Å²) in [6.07, 6.45) is 1.83. The van der Waals surface area contributed by atoms with E-state index in [0.29, 0.717) is 30.4 Å². The molecular formula is C25H36N2O5. The van der Waals surface area contributed by atoms with Crippen molar-refractivity contribution in [1.82, 2.24) is 9.80 Å². The second-order valence-electron chi connectivity index (χ2n) is 11.2. The first-order valence-electron chi connectivity index (χ1n) is 11.9. The second-order valence-corrected chi connectivity index (χ2v) is 11.2. The number of aliphatic hydroxyl groups excluding tert-OH is 1. The van der Waals surface area contributed by atoms with Crippen LogP contribution in [0.2, 0.25) is 0 Å². The molecule has 1 aromatic carbocycles. The molecule has 3 aliphatic carbocycles. The zero-order valence-corrected chi connectivity index (χ0v) is 19.5. The number of piperidine rings is 1. The number of rotatable bonds is 3. The molecule has 2 heterocycles. The molecular weight excluding hydrogens is 408 g/mol. The number of phenols is 1. The number of carbonyl (C=O) groups is 1. The van der Waals surface area contributed by atoms with E-state index in [9.17, 15) is 20.1 Å². The molecule has 7 heteroatoms. The van der Waals surface area contributed by atoms with Gasteiger partial charge in [-0.25, -0.2) is 0 Å². The molecule has 1 amide bonds. The van der Waals surface area contributed by atoms with Crippen LogP contribution in [0.4, 0.5) is 0 Å². The van der Waals surface area contributed by atoms with E-state index in [-0.39, 0.29) is 34.3 Å². The smallest absolute Gasteiger partial charge is 0.261 e. The molecule has 5 aliphatic rings. The topological polar surface area (TPSA) is 93.5 Å². The van der Waals surface area contributed by atoms with Gasteiger partial charge >= 0.3 is 0 Å². The van der Waals surface area contributed by atoms with Crippen molar-refractivity contribution >= 4 is 5.91 Å². The molecule has 2 aliphatic heterocycles. The summed E-state index contributed by atoms with van der Waals surface area (Å²) in [5.74, 6) is 0.537. The predicted molar refractivity (Wildman–Crippen MR) is 120 cm³/mol. The monoisotopic (exact) mass is 444 g/mol. The number of hydrogen-bond acceptors (Lipinski definition) is 6. The average Bonchev–Trinajstić information content (AvgIpc) is 2.75. The maximum absolute atomic E-state index is 13.4. The van der Waals surface area contributed by atoms with Gasteiger partial charge in [0.1, 0.15) is 34.9 Å². The van der Waals surface area contributed by atoms with Gasteiger partial charge in [0, 0.05) is 19.2 Å². The summed E-state index contributed by atoms with van der Waals surface area (Å²) in [7, 11) is 3.87. The molecule has 5 atom stereocenters. The highest BCUT2D eigenvalue weighted by molar-refractivity contribution is 6.00. The maximum Gasteiger partial charge on any atom is 0.261 e. The Bertz CT molecular complexity index is 925. The Kier molecular flexibility index (Phi) is 5.04. The molecule has 1 saturated heterocycles. The van der Waals surface area contributed by atoms with Crippen LogP contribution in [0.1, 0.15) is 61.6 Å². The number of aliphatic hydroxyl groups is 2. The van der Waals surface area contributed by atoms with Gasteiger partial charge < -0.3 is 29.9 Å². The second kappa shape index (κ2) is 7.34. The highest BCUT2D eigenvalue weighted by Gasteiger charge is 2.69. The van der Waals surface area contributed by atoms with Crippen molar-refractivity contribution in [3.05, 3.63) is 23.3 Å². The van der Waals surface area contributed by atoms with E-state index in [1.54, 1.807) is 18.0 Å². The zero-order valence-electron chi connectivity index (χ0n) is 19.5. The van der Waals surface area contributed by atoms with E-state index in [1.807, 2.05) is 0 Å². The summed E-state index contributed by atoms with van der Waals surface area (Å²) in [6, 6.07) is 3.01. The Balaban J connectivity index is 1.44. The van der Waals surface area contributed by atoms with Gasteiger partial charge in [-0.1, -0.05) is 13.8 Å². The molecule has 1 aromatic rings. The van der Waals surface area contributed by atoms with Gasteiger partial charge in [0.15, 0.2) is 0 Å². The summed E-state index contributed by atoms with van der Waals surface area (Å²) >= 11 is 0. The zero-order chi connectivity index (χ0) is 23.0. The van der Waals surface area contributed by atoms with Crippen LogP contribution < -0.4 is 4.74 Å². The SMILES string of the molecule is CN1CCC(CN(C)C(=O)c2c(O)ccc3c2O[C@@H]2C[C@H]4C[C@H](C4(C)C)[C@]2(O)[C@H]3O)CC1. The Morgan fingerprint density at radius 2 is 1.94 bits per heavy atom. The first-order valence-corrected chi connectivity index (χ1v) is 11.9.